The maximum Gasteiger partial charge on any atom is 0.0636 e. The number of fused-ring (bicyclic) bond motifs is 3. The third-order valence-corrected chi connectivity index (χ3v) is 7.90. The summed E-state index contributed by atoms with van der Waals surface area (Å²) in [7, 11) is 0. The zero-order chi connectivity index (χ0) is 34.0. The van der Waals surface area contributed by atoms with E-state index in [4.69, 9.17) is 2.74 Å². The number of hydrogen-bond donors (Lipinski definition) is 0. The molecule has 8 aromatic carbocycles. The van der Waals surface area contributed by atoms with Crippen molar-refractivity contribution in [2.45, 2.75) is 0 Å². The highest BCUT2D eigenvalue weighted by Gasteiger charge is 2.18. The van der Waals surface area contributed by atoms with Crippen LogP contribution in [0.25, 0.3) is 76.8 Å². The summed E-state index contributed by atoms with van der Waals surface area (Å²) in [6.45, 7) is 0. The number of benzene rings is 8. The van der Waals surface area contributed by atoms with Gasteiger partial charge in [-0.15, -0.1) is 0 Å². The SMILES string of the molecule is [2H]c1c([2H])c([2H])c2c(-c3ccc(-c4ccccc4)cc3)c3c([2H])c(-c4cccc5ccccc45)c([2H])c([2H])c3c(-c3ccccc3)c2c1[2H]. The normalized spacial score (nSPS) is 13.7. The summed E-state index contributed by atoms with van der Waals surface area (Å²) in [4.78, 5) is 0. The zero-order valence-corrected chi connectivity index (χ0v) is 22.6. The summed E-state index contributed by atoms with van der Waals surface area (Å²) in [5.74, 6) is 0. The van der Waals surface area contributed by atoms with Crippen LogP contribution in [0.15, 0.2) is 170 Å². The van der Waals surface area contributed by atoms with Crippen LogP contribution in [0.1, 0.15) is 9.60 Å². The molecular formula is C42H28. The van der Waals surface area contributed by atoms with Crippen LogP contribution < -0.4 is 0 Å². The Hall–Kier alpha value is -5.46. The lowest BCUT2D eigenvalue weighted by Crippen LogP contribution is -1.92. The number of hydrogen-bond acceptors (Lipinski definition) is 0. The molecular weight excluding hydrogens is 504 g/mol. The van der Waals surface area contributed by atoms with Gasteiger partial charge in [-0.1, -0.05) is 164 Å². The third-order valence-electron chi connectivity index (χ3n) is 7.90. The second kappa shape index (κ2) is 10.2. The molecule has 42 heavy (non-hydrogen) atoms. The highest BCUT2D eigenvalue weighted by Crippen LogP contribution is 2.45. The first kappa shape index (κ1) is 18.1. The Bertz CT molecular complexity index is 2590. The molecule has 0 N–H and O–H groups in total. The molecule has 0 amide bonds. The van der Waals surface area contributed by atoms with Crippen molar-refractivity contribution in [3.05, 3.63) is 170 Å². The van der Waals surface area contributed by atoms with Crippen LogP contribution in [0, 0.1) is 0 Å². The van der Waals surface area contributed by atoms with Crippen molar-refractivity contribution in [3.63, 3.8) is 0 Å². The molecule has 0 heteroatoms. The first-order valence-electron chi connectivity index (χ1n) is 17.5. The molecule has 0 spiro atoms. The predicted octanol–water partition coefficient (Wildman–Crippen LogP) is 11.8. The summed E-state index contributed by atoms with van der Waals surface area (Å²) >= 11 is 0. The Morgan fingerprint density at radius 1 is 0.333 bits per heavy atom. The molecule has 0 saturated carbocycles. The van der Waals surface area contributed by atoms with Gasteiger partial charge in [-0.25, -0.2) is 0 Å². The van der Waals surface area contributed by atoms with Crippen LogP contribution in [-0.2, 0) is 0 Å². The average Bonchev–Trinajstić information content (AvgIpc) is 3.15. The quantitative estimate of drug-likeness (QED) is 0.195. The van der Waals surface area contributed by atoms with Gasteiger partial charge in [0.05, 0.1) is 9.60 Å². The molecule has 0 aromatic heterocycles. The van der Waals surface area contributed by atoms with Crippen LogP contribution in [0.2, 0.25) is 0 Å². The van der Waals surface area contributed by atoms with Gasteiger partial charge in [0.2, 0.25) is 0 Å². The van der Waals surface area contributed by atoms with Crippen molar-refractivity contribution in [1.29, 1.82) is 0 Å². The van der Waals surface area contributed by atoms with E-state index in [1.165, 1.54) is 0 Å². The maximum atomic E-state index is 9.92. The van der Waals surface area contributed by atoms with Gasteiger partial charge in [0.1, 0.15) is 0 Å². The summed E-state index contributed by atoms with van der Waals surface area (Å²) in [6, 6.07) is 39.1. The van der Waals surface area contributed by atoms with Crippen molar-refractivity contribution in [2.75, 3.05) is 0 Å². The van der Waals surface area contributed by atoms with Gasteiger partial charge in [-0.3, -0.25) is 0 Å². The van der Waals surface area contributed by atoms with Crippen molar-refractivity contribution < 1.29 is 9.60 Å². The summed E-state index contributed by atoms with van der Waals surface area (Å²) in [5.41, 5.74) is 5.10. The highest BCUT2D eigenvalue weighted by atomic mass is 14.2. The Balaban J connectivity index is 1.62. The van der Waals surface area contributed by atoms with Crippen LogP contribution >= 0.6 is 0 Å². The van der Waals surface area contributed by atoms with E-state index in [1.54, 1.807) is 0 Å². The molecule has 0 aliphatic carbocycles. The van der Waals surface area contributed by atoms with Crippen molar-refractivity contribution >= 4 is 32.3 Å². The monoisotopic (exact) mass is 539 g/mol. The van der Waals surface area contributed by atoms with Crippen molar-refractivity contribution in [1.82, 2.24) is 0 Å². The molecule has 196 valence electrons. The Kier molecular flexibility index (Phi) is 4.38. The minimum absolute atomic E-state index is 0.0287. The van der Waals surface area contributed by atoms with Crippen LogP contribution in [0.3, 0.4) is 0 Å². The topological polar surface area (TPSA) is 0 Å². The second-order valence-corrected chi connectivity index (χ2v) is 10.3. The molecule has 0 radical (unpaired) electrons. The molecule has 0 aliphatic heterocycles. The Labute approximate surface area is 256 Å². The third kappa shape index (κ3) is 4.08. The molecule has 0 saturated heterocycles. The molecule has 0 fully saturated rings. The lowest BCUT2D eigenvalue weighted by Gasteiger charge is -2.19. The van der Waals surface area contributed by atoms with E-state index < -0.39 is 0 Å². The van der Waals surface area contributed by atoms with Gasteiger partial charge >= 0.3 is 0 Å². The zero-order valence-electron chi connectivity index (χ0n) is 29.6. The number of rotatable bonds is 4. The lowest BCUT2D eigenvalue weighted by atomic mass is 9.84. The fourth-order valence-electron chi connectivity index (χ4n) is 5.94. The molecule has 0 bridgehead atoms. The van der Waals surface area contributed by atoms with E-state index >= 15 is 0 Å². The lowest BCUT2D eigenvalue weighted by molar-refractivity contribution is 1.61. The van der Waals surface area contributed by atoms with Crippen molar-refractivity contribution in [3.8, 4) is 44.5 Å². The Morgan fingerprint density at radius 3 is 1.60 bits per heavy atom. The van der Waals surface area contributed by atoms with E-state index in [1.807, 2.05) is 127 Å². The second-order valence-electron chi connectivity index (χ2n) is 10.3. The van der Waals surface area contributed by atoms with E-state index in [2.05, 4.69) is 0 Å². The average molecular weight is 540 g/mol. The fourth-order valence-corrected chi connectivity index (χ4v) is 5.94. The standard InChI is InChI=1S/C42H28/c1-3-12-29(13-4-1)30-22-24-33(25-23-30)42-38-20-10-9-19-37(38)41(32-15-5-2-6-16-32)39-27-26-34(28-40(39)42)36-21-11-17-31-14-7-8-18-35(31)36/h1-28H/i9D,10D,19D,20D,26D,27D,28D. The predicted molar refractivity (Wildman–Crippen MR) is 181 cm³/mol. The summed E-state index contributed by atoms with van der Waals surface area (Å²) in [5, 5.41) is 3.01. The minimum Gasteiger partial charge on any atom is -0.0622 e. The van der Waals surface area contributed by atoms with Gasteiger partial charge in [0.25, 0.3) is 0 Å². The Morgan fingerprint density at radius 2 is 0.857 bits per heavy atom. The van der Waals surface area contributed by atoms with E-state index in [-0.39, 0.29) is 53.1 Å². The molecule has 8 aromatic rings. The molecule has 8 rings (SSSR count). The van der Waals surface area contributed by atoms with Crippen LogP contribution in [0.5, 0.6) is 0 Å². The van der Waals surface area contributed by atoms with E-state index in [0.717, 1.165) is 21.9 Å². The maximum absolute atomic E-state index is 9.92. The highest BCUT2D eigenvalue weighted by molar-refractivity contribution is 6.22. The van der Waals surface area contributed by atoms with Crippen LogP contribution in [0.4, 0.5) is 0 Å². The molecule has 0 heterocycles. The smallest absolute Gasteiger partial charge is 0.0622 e. The van der Waals surface area contributed by atoms with Crippen LogP contribution in [-0.4, -0.2) is 0 Å². The minimum atomic E-state index is -0.379. The fraction of sp³-hybridized carbons (Fsp3) is 0. The van der Waals surface area contributed by atoms with Gasteiger partial charge in [-0.2, -0.15) is 0 Å². The van der Waals surface area contributed by atoms with Gasteiger partial charge in [0.15, 0.2) is 0 Å². The van der Waals surface area contributed by atoms with Crippen molar-refractivity contribution in [2.24, 2.45) is 0 Å². The van der Waals surface area contributed by atoms with Gasteiger partial charge < -0.3 is 0 Å². The van der Waals surface area contributed by atoms with Gasteiger partial charge in [-0.05, 0) is 82.9 Å². The summed E-state index contributed by atoms with van der Waals surface area (Å²) in [6.07, 6.45) is 0. The molecule has 0 nitrogen and oxygen atoms in total. The summed E-state index contributed by atoms with van der Waals surface area (Å²) < 4.78 is 64.8. The molecule has 0 aliphatic rings. The largest absolute Gasteiger partial charge is 0.0636 e. The van der Waals surface area contributed by atoms with E-state index in [0.29, 0.717) is 44.2 Å². The first-order chi connectivity index (χ1) is 23.8. The molecule has 0 unspecified atom stereocenters. The molecule has 0 atom stereocenters. The first-order valence-corrected chi connectivity index (χ1v) is 14.0. The van der Waals surface area contributed by atoms with Gasteiger partial charge in [0, 0.05) is 0 Å². The van der Waals surface area contributed by atoms with E-state index in [9.17, 15) is 6.85 Å².